The van der Waals surface area contributed by atoms with Crippen LogP contribution in [0.15, 0.2) is 30.3 Å². The molecule has 1 aliphatic heterocycles. The molecule has 1 atom stereocenters. The third-order valence-corrected chi connectivity index (χ3v) is 9.10. The summed E-state index contributed by atoms with van der Waals surface area (Å²) in [6.07, 6.45) is 3.92. The topological polar surface area (TPSA) is 72.9 Å². The lowest BCUT2D eigenvalue weighted by molar-refractivity contribution is -0.159. The number of rotatable bonds is 8. The number of carbonyl (C=O) groups is 3. The molecule has 1 saturated carbocycles. The summed E-state index contributed by atoms with van der Waals surface area (Å²) in [5.41, 5.74) is 4.56. The van der Waals surface area contributed by atoms with E-state index in [-0.39, 0.29) is 47.1 Å². The summed E-state index contributed by atoms with van der Waals surface area (Å²) in [7, 11) is 1.65. The number of hydrogen-bond donors (Lipinski definition) is 0. The van der Waals surface area contributed by atoms with E-state index in [1.165, 1.54) is 6.07 Å². The number of ketones is 1. The molecule has 2 aromatic rings. The van der Waals surface area contributed by atoms with Crippen molar-refractivity contribution in [2.75, 3.05) is 13.7 Å². The van der Waals surface area contributed by atoms with Crippen molar-refractivity contribution in [1.29, 1.82) is 0 Å². The number of halogens is 1. The molecule has 2 aromatic carbocycles. The average Bonchev–Trinajstić information content (AvgIpc) is 3.18. The Balaban J connectivity index is 1.36. The normalized spacial score (nSPS) is 22.6. The standard InChI is InChI=1S/C35H44FNO5/c1-34(2,3)42-30(39)19-22-15-26(16-22)33(40)37-12-10-24-13-21(20-41-6)7-8-27(24)32(37)29(38)18-23-14-25-9-11-35(4,5)31(25)28(36)17-23/h7-8,13-14,17,22,26,32H,9-12,15-16,18-20H2,1-6H3. The van der Waals surface area contributed by atoms with Gasteiger partial charge in [-0.15, -0.1) is 0 Å². The number of carbonyl (C=O) groups excluding carboxylic acids is 3. The van der Waals surface area contributed by atoms with Gasteiger partial charge in [0.15, 0.2) is 5.78 Å². The number of benzene rings is 2. The molecule has 6 nitrogen and oxygen atoms in total. The quantitative estimate of drug-likeness (QED) is 0.350. The number of esters is 1. The van der Waals surface area contributed by atoms with E-state index < -0.39 is 11.6 Å². The number of hydrogen-bond acceptors (Lipinski definition) is 5. The molecule has 1 fully saturated rings. The van der Waals surface area contributed by atoms with Crippen molar-refractivity contribution in [1.82, 2.24) is 4.90 Å². The van der Waals surface area contributed by atoms with Crippen LogP contribution >= 0.6 is 0 Å². The molecule has 1 unspecified atom stereocenters. The second-order valence-electron chi connectivity index (χ2n) is 14.1. The summed E-state index contributed by atoms with van der Waals surface area (Å²) in [6.45, 7) is 10.6. The monoisotopic (exact) mass is 577 g/mol. The van der Waals surface area contributed by atoms with Crippen LogP contribution < -0.4 is 0 Å². The largest absolute Gasteiger partial charge is 0.460 e. The van der Waals surface area contributed by atoms with E-state index in [1.54, 1.807) is 12.0 Å². The zero-order chi connectivity index (χ0) is 30.4. The Morgan fingerprint density at radius 2 is 1.74 bits per heavy atom. The summed E-state index contributed by atoms with van der Waals surface area (Å²) < 4.78 is 26.0. The van der Waals surface area contributed by atoms with Crippen LogP contribution in [0.4, 0.5) is 4.39 Å². The number of ether oxygens (including phenoxy) is 2. The Kier molecular flexibility index (Phi) is 8.36. The Labute approximate surface area is 249 Å². The molecule has 3 aliphatic rings. The average molecular weight is 578 g/mol. The fraction of sp³-hybridized carbons (Fsp3) is 0.571. The molecular weight excluding hydrogens is 533 g/mol. The molecule has 0 bridgehead atoms. The maximum atomic E-state index is 15.3. The van der Waals surface area contributed by atoms with Gasteiger partial charge in [-0.25, -0.2) is 4.39 Å². The molecule has 0 saturated heterocycles. The molecule has 0 radical (unpaired) electrons. The van der Waals surface area contributed by atoms with Gasteiger partial charge in [0.1, 0.15) is 17.5 Å². The minimum Gasteiger partial charge on any atom is -0.460 e. The SMILES string of the molecule is COCc1ccc2c(c1)CCN(C(=O)C1CC(CC(=O)OC(C)(C)C)C1)C2C(=O)Cc1cc(F)c2c(c1)CCC2(C)C. The van der Waals surface area contributed by atoms with Crippen molar-refractivity contribution in [3.63, 3.8) is 0 Å². The first-order valence-electron chi connectivity index (χ1n) is 15.2. The summed E-state index contributed by atoms with van der Waals surface area (Å²) in [6, 6.07) is 8.73. The zero-order valence-electron chi connectivity index (χ0n) is 25.8. The first-order valence-corrected chi connectivity index (χ1v) is 15.2. The summed E-state index contributed by atoms with van der Waals surface area (Å²) in [4.78, 5) is 41.9. The number of aryl methyl sites for hydroxylation is 1. The maximum absolute atomic E-state index is 15.3. The predicted molar refractivity (Wildman–Crippen MR) is 158 cm³/mol. The summed E-state index contributed by atoms with van der Waals surface area (Å²) >= 11 is 0. The molecule has 5 rings (SSSR count). The van der Waals surface area contributed by atoms with Crippen LogP contribution in [0, 0.1) is 17.7 Å². The van der Waals surface area contributed by atoms with Crippen molar-refractivity contribution in [2.45, 2.75) is 103 Å². The fourth-order valence-corrected chi connectivity index (χ4v) is 7.13. The van der Waals surface area contributed by atoms with Gasteiger partial charge in [-0.1, -0.05) is 38.1 Å². The van der Waals surface area contributed by atoms with Crippen LogP contribution in [0.1, 0.15) is 99.7 Å². The first-order chi connectivity index (χ1) is 19.8. The van der Waals surface area contributed by atoms with Gasteiger partial charge in [-0.05, 0) is 104 Å². The summed E-state index contributed by atoms with van der Waals surface area (Å²) in [5.74, 6) is -0.746. The third kappa shape index (κ3) is 6.31. The molecule has 0 spiro atoms. The van der Waals surface area contributed by atoms with Crippen LogP contribution in [-0.2, 0) is 55.1 Å². The Hall–Kier alpha value is -3.06. The summed E-state index contributed by atoms with van der Waals surface area (Å²) in [5, 5.41) is 0. The molecular formula is C35H44FNO5. The van der Waals surface area contributed by atoms with Crippen molar-refractivity contribution in [3.8, 4) is 0 Å². The van der Waals surface area contributed by atoms with Crippen LogP contribution in [0.2, 0.25) is 0 Å². The van der Waals surface area contributed by atoms with Crippen molar-refractivity contribution in [3.05, 3.63) is 69.5 Å². The number of methoxy groups -OCH3 is 1. The lowest BCUT2D eigenvalue weighted by atomic mass is 9.72. The Morgan fingerprint density at radius 1 is 1.02 bits per heavy atom. The maximum Gasteiger partial charge on any atom is 0.306 e. The Bertz CT molecular complexity index is 1380. The molecule has 42 heavy (non-hydrogen) atoms. The van der Waals surface area contributed by atoms with Gasteiger partial charge < -0.3 is 14.4 Å². The molecule has 1 amide bonds. The van der Waals surface area contributed by atoms with Gasteiger partial charge in [0.2, 0.25) is 5.91 Å². The second kappa shape index (κ2) is 11.6. The number of amides is 1. The lowest BCUT2D eigenvalue weighted by Gasteiger charge is -2.42. The highest BCUT2D eigenvalue weighted by atomic mass is 19.1. The molecule has 226 valence electrons. The van der Waals surface area contributed by atoms with Gasteiger partial charge in [-0.2, -0.15) is 0 Å². The van der Waals surface area contributed by atoms with Gasteiger partial charge in [0.05, 0.1) is 6.61 Å². The van der Waals surface area contributed by atoms with E-state index in [0.29, 0.717) is 44.4 Å². The van der Waals surface area contributed by atoms with E-state index in [2.05, 4.69) is 19.9 Å². The van der Waals surface area contributed by atoms with E-state index in [4.69, 9.17) is 9.47 Å². The second-order valence-corrected chi connectivity index (χ2v) is 14.1. The highest BCUT2D eigenvalue weighted by molar-refractivity contribution is 5.93. The molecule has 0 aromatic heterocycles. The number of nitrogens with zero attached hydrogens (tertiary/aromatic N) is 1. The smallest absolute Gasteiger partial charge is 0.306 e. The van der Waals surface area contributed by atoms with Crippen LogP contribution in [0.3, 0.4) is 0 Å². The molecule has 7 heteroatoms. The van der Waals surface area contributed by atoms with E-state index in [0.717, 1.165) is 40.7 Å². The predicted octanol–water partition coefficient (Wildman–Crippen LogP) is 6.19. The highest BCUT2D eigenvalue weighted by Crippen LogP contribution is 2.43. The van der Waals surface area contributed by atoms with Crippen molar-refractivity contribution in [2.24, 2.45) is 11.8 Å². The fourth-order valence-electron chi connectivity index (χ4n) is 7.13. The van der Waals surface area contributed by atoms with E-state index in [1.807, 2.05) is 39.0 Å². The minimum atomic E-state index is -0.726. The van der Waals surface area contributed by atoms with E-state index in [9.17, 15) is 14.4 Å². The van der Waals surface area contributed by atoms with Crippen molar-refractivity contribution >= 4 is 17.7 Å². The van der Waals surface area contributed by atoms with E-state index >= 15 is 4.39 Å². The van der Waals surface area contributed by atoms with Crippen molar-refractivity contribution < 1.29 is 28.2 Å². The van der Waals surface area contributed by atoms with Gasteiger partial charge in [-0.3, -0.25) is 14.4 Å². The third-order valence-electron chi connectivity index (χ3n) is 9.10. The van der Waals surface area contributed by atoms with Crippen LogP contribution in [-0.4, -0.2) is 41.8 Å². The number of Topliss-reactive ketones (excluding diaryl/α,β-unsaturated/α-hetero) is 1. The van der Waals surface area contributed by atoms with Gasteiger partial charge >= 0.3 is 5.97 Å². The van der Waals surface area contributed by atoms with Crippen LogP contribution in [0.5, 0.6) is 0 Å². The van der Waals surface area contributed by atoms with Gasteiger partial charge in [0, 0.05) is 32.4 Å². The lowest BCUT2D eigenvalue weighted by Crippen LogP contribution is -2.49. The molecule has 2 aliphatic carbocycles. The van der Waals surface area contributed by atoms with Gasteiger partial charge in [0.25, 0.3) is 0 Å². The first kappa shape index (κ1) is 30.4. The highest BCUT2D eigenvalue weighted by Gasteiger charge is 2.43. The van der Waals surface area contributed by atoms with Crippen LogP contribution in [0.25, 0.3) is 0 Å². The number of fused-ring (bicyclic) bond motifs is 2. The Morgan fingerprint density at radius 3 is 2.43 bits per heavy atom. The molecule has 1 heterocycles. The molecule has 0 N–H and O–H groups in total. The minimum absolute atomic E-state index is 0.0395. The zero-order valence-corrected chi connectivity index (χ0v) is 25.8.